The van der Waals surface area contributed by atoms with Crippen LogP contribution in [-0.4, -0.2) is 14.3 Å². The van der Waals surface area contributed by atoms with Crippen molar-refractivity contribution in [3.05, 3.63) is 111 Å². The zero-order valence-electron chi connectivity index (χ0n) is 16.7. The highest BCUT2D eigenvalue weighted by molar-refractivity contribution is 7.92. The van der Waals surface area contributed by atoms with E-state index in [-0.39, 0.29) is 5.56 Å². The van der Waals surface area contributed by atoms with Crippen molar-refractivity contribution in [1.29, 1.82) is 0 Å². The molecular formula is C23H19Cl2NO5S. The number of hydrogen-bond donors (Lipinski definition) is 1. The number of hydrogen-bond acceptors (Lipinski definition) is 5. The van der Waals surface area contributed by atoms with Crippen LogP contribution in [0, 0.1) is 0 Å². The fourth-order valence-corrected chi connectivity index (χ4v) is 3.78. The number of furan rings is 1. The Hall–Kier alpha value is -2.84. The summed E-state index contributed by atoms with van der Waals surface area (Å²) >= 11 is 12.0. The van der Waals surface area contributed by atoms with Crippen LogP contribution in [0.4, 0.5) is 0 Å². The van der Waals surface area contributed by atoms with Gasteiger partial charge < -0.3 is 9.15 Å². The van der Waals surface area contributed by atoms with E-state index in [4.69, 9.17) is 32.4 Å². The number of carbonyl (C=O) groups excluding carboxylic acids is 1. The maximum absolute atomic E-state index is 12.2. The predicted molar refractivity (Wildman–Crippen MR) is 125 cm³/mol. The van der Waals surface area contributed by atoms with E-state index in [1.807, 2.05) is 4.72 Å². The number of allylic oxidation sites excluding steroid dienone is 2. The quantitative estimate of drug-likeness (QED) is 0.394. The maximum Gasteiger partial charge on any atom is 0.264 e. The Balaban J connectivity index is 1.50. The van der Waals surface area contributed by atoms with Gasteiger partial charge in [0.1, 0.15) is 5.76 Å². The first-order chi connectivity index (χ1) is 15.3. The van der Waals surface area contributed by atoms with Gasteiger partial charge in [0.05, 0.1) is 24.9 Å². The zero-order valence-corrected chi connectivity index (χ0v) is 19.0. The van der Waals surface area contributed by atoms with Gasteiger partial charge in [-0.25, -0.2) is 13.1 Å². The fourth-order valence-electron chi connectivity index (χ4n) is 2.58. The molecule has 1 aromatic heterocycles. The molecule has 1 heterocycles. The SMILES string of the molecule is O=C(NS(=O)(=O)/C=C/C=C/c1ccco1)c1ccc(COCc2ccc(Cl)cc2Cl)cc1. The van der Waals surface area contributed by atoms with E-state index in [1.165, 1.54) is 30.5 Å². The van der Waals surface area contributed by atoms with Crippen LogP contribution in [-0.2, 0) is 28.0 Å². The molecule has 166 valence electrons. The van der Waals surface area contributed by atoms with Crippen LogP contribution < -0.4 is 4.72 Å². The van der Waals surface area contributed by atoms with Gasteiger partial charge in [-0.3, -0.25) is 4.79 Å². The lowest BCUT2D eigenvalue weighted by molar-refractivity contribution is 0.0980. The van der Waals surface area contributed by atoms with Gasteiger partial charge in [0.15, 0.2) is 0 Å². The van der Waals surface area contributed by atoms with Gasteiger partial charge in [0, 0.05) is 15.6 Å². The Morgan fingerprint density at radius 2 is 1.81 bits per heavy atom. The van der Waals surface area contributed by atoms with Crippen molar-refractivity contribution in [2.75, 3.05) is 0 Å². The lowest BCUT2D eigenvalue weighted by Gasteiger charge is -2.08. The number of rotatable bonds is 9. The molecule has 9 heteroatoms. The highest BCUT2D eigenvalue weighted by atomic mass is 35.5. The van der Waals surface area contributed by atoms with E-state index in [9.17, 15) is 13.2 Å². The maximum atomic E-state index is 12.2. The first-order valence-corrected chi connectivity index (χ1v) is 11.7. The highest BCUT2D eigenvalue weighted by Gasteiger charge is 2.13. The summed E-state index contributed by atoms with van der Waals surface area (Å²) in [5.41, 5.74) is 1.83. The number of nitrogens with one attached hydrogen (secondary N) is 1. The molecule has 6 nitrogen and oxygen atoms in total. The van der Waals surface area contributed by atoms with Crippen LogP contribution in [0.3, 0.4) is 0 Å². The molecule has 0 spiro atoms. The average molecular weight is 492 g/mol. The summed E-state index contributed by atoms with van der Waals surface area (Å²) in [7, 11) is -3.94. The Morgan fingerprint density at radius 1 is 1.03 bits per heavy atom. The Bertz CT molecular complexity index is 1220. The molecule has 0 fully saturated rings. The highest BCUT2D eigenvalue weighted by Crippen LogP contribution is 2.22. The average Bonchev–Trinajstić information content (AvgIpc) is 3.26. The van der Waals surface area contributed by atoms with Crippen molar-refractivity contribution in [2.24, 2.45) is 0 Å². The molecule has 0 saturated heterocycles. The molecule has 0 radical (unpaired) electrons. The van der Waals surface area contributed by atoms with E-state index in [0.29, 0.717) is 29.0 Å². The number of carbonyl (C=O) groups is 1. The van der Waals surface area contributed by atoms with Crippen LogP contribution in [0.2, 0.25) is 10.0 Å². The van der Waals surface area contributed by atoms with Gasteiger partial charge >= 0.3 is 0 Å². The lowest BCUT2D eigenvalue weighted by Crippen LogP contribution is -2.28. The van der Waals surface area contributed by atoms with Crippen molar-refractivity contribution in [3.63, 3.8) is 0 Å². The van der Waals surface area contributed by atoms with Crippen LogP contribution >= 0.6 is 23.2 Å². The molecule has 1 amide bonds. The predicted octanol–water partition coefficient (Wildman–Crippen LogP) is 5.59. The summed E-state index contributed by atoms with van der Waals surface area (Å²) in [6.45, 7) is 0.598. The summed E-state index contributed by atoms with van der Waals surface area (Å²) < 4.78 is 36.8. The van der Waals surface area contributed by atoms with Crippen molar-refractivity contribution in [1.82, 2.24) is 4.72 Å². The summed E-state index contributed by atoms with van der Waals surface area (Å²) in [6.07, 6.45) is 5.89. The number of halogens is 2. The molecule has 3 rings (SSSR count). The first kappa shape index (κ1) is 23.8. The Morgan fingerprint density at radius 3 is 2.50 bits per heavy atom. The second-order valence-electron chi connectivity index (χ2n) is 6.60. The molecule has 0 aliphatic carbocycles. The van der Waals surface area contributed by atoms with E-state index >= 15 is 0 Å². The van der Waals surface area contributed by atoms with Crippen LogP contribution in [0.15, 0.2) is 82.8 Å². The minimum atomic E-state index is -3.94. The van der Waals surface area contributed by atoms with Crippen molar-refractivity contribution < 1.29 is 22.4 Å². The van der Waals surface area contributed by atoms with Gasteiger partial charge in [0.25, 0.3) is 15.9 Å². The molecule has 3 aromatic rings. The molecule has 0 aliphatic rings. The molecule has 0 aliphatic heterocycles. The smallest absolute Gasteiger partial charge is 0.264 e. The second kappa shape index (κ2) is 11.2. The van der Waals surface area contributed by atoms with Crippen LogP contribution in [0.5, 0.6) is 0 Å². The van der Waals surface area contributed by atoms with E-state index in [0.717, 1.165) is 16.5 Å². The van der Waals surface area contributed by atoms with E-state index < -0.39 is 15.9 Å². The normalized spacial score (nSPS) is 11.9. The standard InChI is InChI=1S/C23H19Cl2NO5S/c24-20-11-10-19(22(25)14-20)16-30-15-17-6-8-18(9-7-17)23(27)26-32(28,29)13-2-1-4-21-5-3-12-31-21/h1-14H,15-16H2,(H,26,27)/b4-1+,13-2+. The topological polar surface area (TPSA) is 85.6 Å². The molecule has 2 aromatic carbocycles. The molecule has 0 atom stereocenters. The molecule has 1 N–H and O–H groups in total. The lowest BCUT2D eigenvalue weighted by atomic mass is 10.1. The number of amides is 1. The van der Waals surface area contributed by atoms with Gasteiger partial charge in [-0.2, -0.15) is 0 Å². The molecular weight excluding hydrogens is 473 g/mol. The van der Waals surface area contributed by atoms with E-state index in [1.54, 1.807) is 48.5 Å². The number of sulfonamides is 1. The molecule has 0 bridgehead atoms. The third-order valence-electron chi connectivity index (χ3n) is 4.16. The van der Waals surface area contributed by atoms with Crippen LogP contribution in [0.25, 0.3) is 6.08 Å². The third kappa shape index (κ3) is 7.39. The largest absolute Gasteiger partial charge is 0.465 e. The summed E-state index contributed by atoms with van der Waals surface area (Å²) in [5, 5.41) is 1.97. The van der Waals surface area contributed by atoms with Crippen LogP contribution in [0.1, 0.15) is 27.2 Å². The molecule has 0 unspecified atom stereocenters. The van der Waals surface area contributed by atoms with E-state index in [2.05, 4.69) is 0 Å². The van der Waals surface area contributed by atoms with Crippen molar-refractivity contribution in [3.8, 4) is 0 Å². The summed E-state index contributed by atoms with van der Waals surface area (Å²) in [5.74, 6) is -0.151. The monoisotopic (exact) mass is 491 g/mol. The fraction of sp³-hybridized carbons (Fsp3) is 0.0870. The Kier molecular flexibility index (Phi) is 8.30. The third-order valence-corrected chi connectivity index (χ3v) is 5.74. The van der Waals surface area contributed by atoms with Gasteiger partial charge in [0.2, 0.25) is 0 Å². The zero-order chi connectivity index (χ0) is 23.0. The minimum absolute atomic E-state index is 0.206. The minimum Gasteiger partial charge on any atom is -0.465 e. The van der Waals surface area contributed by atoms with Crippen molar-refractivity contribution >= 4 is 45.2 Å². The molecule has 32 heavy (non-hydrogen) atoms. The van der Waals surface area contributed by atoms with Gasteiger partial charge in [-0.15, -0.1) is 0 Å². The summed E-state index contributed by atoms with van der Waals surface area (Å²) in [6, 6.07) is 15.0. The summed E-state index contributed by atoms with van der Waals surface area (Å²) in [4.78, 5) is 12.2. The number of benzene rings is 2. The Labute approximate surface area is 196 Å². The first-order valence-electron chi connectivity index (χ1n) is 9.38. The molecule has 0 saturated carbocycles. The van der Waals surface area contributed by atoms with Crippen molar-refractivity contribution in [2.45, 2.75) is 13.2 Å². The van der Waals surface area contributed by atoms with Gasteiger partial charge in [-0.1, -0.05) is 47.5 Å². The number of ether oxygens (including phenoxy) is 1. The van der Waals surface area contributed by atoms with Gasteiger partial charge in [-0.05, 0) is 59.7 Å². The second-order valence-corrected chi connectivity index (χ2v) is 9.01.